The summed E-state index contributed by atoms with van der Waals surface area (Å²) in [4.78, 5) is 24.5. The van der Waals surface area contributed by atoms with E-state index < -0.39 is 27.7 Å². The average Bonchev–Trinajstić information content (AvgIpc) is 2.84. The molecule has 5 fully saturated rings. The van der Waals surface area contributed by atoms with Gasteiger partial charge in [-0.05, 0) is 75.0 Å². The lowest BCUT2D eigenvalue weighted by Crippen LogP contribution is -2.57. The number of hydrogen-bond donors (Lipinski definition) is 2. The highest BCUT2D eigenvalue weighted by Crippen LogP contribution is 2.61. The summed E-state index contributed by atoms with van der Waals surface area (Å²) in [5, 5.41) is 5.51. The average molecular weight is 368 g/mol. The van der Waals surface area contributed by atoms with Gasteiger partial charge in [-0.1, -0.05) is 0 Å². The molecule has 2 amide bonds. The largest absolute Gasteiger partial charge is 0.345 e. The van der Waals surface area contributed by atoms with Crippen LogP contribution in [0.1, 0.15) is 51.9 Å². The van der Waals surface area contributed by atoms with Crippen LogP contribution < -0.4 is 10.6 Å². The van der Waals surface area contributed by atoms with Crippen LogP contribution in [0.15, 0.2) is 0 Å². The van der Waals surface area contributed by atoms with Gasteiger partial charge in [-0.2, -0.15) is 0 Å². The first-order chi connectivity index (χ1) is 11.7. The van der Waals surface area contributed by atoms with Crippen molar-refractivity contribution in [1.29, 1.82) is 0 Å². The van der Waals surface area contributed by atoms with Crippen molar-refractivity contribution in [3.8, 4) is 0 Å². The van der Waals surface area contributed by atoms with Gasteiger partial charge in [-0.15, -0.1) is 0 Å². The summed E-state index contributed by atoms with van der Waals surface area (Å²) < 4.78 is 23.0. The summed E-state index contributed by atoms with van der Waals surface area (Å²) in [6.45, 7) is 2.04. The minimum atomic E-state index is -3.07. The Labute approximate surface area is 149 Å². The molecular formula is C18H28N2O4S. The summed E-state index contributed by atoms with van der Waals surface area (Å²) in [5.41, 5.74) is 0.154. The van der Waals surface area contributed by atoms with Crippen LogP contribution >= 0.6 is 0 Å². The molecule has 140 valence electrons. The van der Waals surface area contributed by atoms with Crippen molar-refractivity contribution in [3.05, 3.63) is 0 Å². The summed E-state index contributed by atoms with van der Waals surface area (Å²) in [6, 6.07) is -0.440. The second kappa shape index (κ2) is 5.96. The molecule has 0 aromatic heterocycles. The monoisotopic (exact) mass is 368 g/mol. The standard InChI is InChI=1S/C18H28N2O4S/c1-11(18-7-12-4-13(8-18)6-14(5-12)9-18)19-16(21)17(22)20-15-2-3-25(23,24)10-15/h11-15H,2-10H2,1H3,(H,19,21)(H,20,22). The molecular weight excluding hydrogens is 340 g/mol. The van der Waals surface area contributed by atoms with Crippen LogP contribution in [0.25, 0.3) is 0 Å². The van der Waals surface area contributed by atoms with Gasteiger partial charge in [0.2, 0.25) is 0 Å². The van der Waals surface area contributed by atoms with Crippen LogP contribution in [0.2, 0.25) is 0 Å². The number of hydrogen-bond acceptors (Lipinski definition) is 4. The topological polar surface area (TPSA) is 92.3 Å². The first kappa shape index (κ1) is 17.3. The van der Waals surface area contributed by atoms with E-state index in [9.17, 15) is 18.0 Å². The van der Waals surface area contributed by atoms with Crippen LogP contribution in [0.5, 0.6) is 0 Å². The lowest BCUT2D eigenvalue weighted by Gasteiger charge is -2.59. The number of nitrogens with one attached hydrogen (secondary N) is 2. The second-order valence-electron chi connectivity index (χ2n) is 9.05. The fourth-order valence-corrected chi connectivity index (χ4v) is 7.96. The van der Waals surface area contributed by atoms with E-state index in [1.54, 1.807) is 0 Å². The van der Waals surface area contributed by atoms with Crippen molar-refractivity contribution < 1.29 is 18.0 Å². The first-order valence-corrected chi connectivity index (χ1v) is 11.4. The fourth-order valence-electron chi connectivity index (χ4n) is 6.28. The normalized spacial score (nSPS) is 42.1. The first-order valence-electron chi connectivity index (χ1n) is 9.56. The van der Waals surface area contributed by atoms with E-state index >= 15 is 0 Å². The third-order valence-corrected chi connectivity index (χ3v) is 8.89. The van der Waals surface area contributed by atoms with E-state index in [4.69, 9.17) is 0 Å². The number of carbonyl (C=O) groups is 2. The lowest BCUT2D eigenvalue weighted by atomic mass is 9.48. The van der Waals surface area contributed by atoms with Gasteiger partial charge >= 0.3 is 11.8 Å². The minimum absolute atomic E-state index is 0.00791. The predicted molar refractivity (Wildman–Crippen MR) is 93.4 cm³/mol. The molecule has 4 bridgehead atoms. The molecule has 5 aliphatic rings. The lowest BCUT2D eigenvalue weighted by molar-refractivity contribution is -0.141. The predicted octanol–water partition coefficient (Wildman–Crippen LogP) is 1.01. The van der Waals surface area contributed by atoms with E-state index in [2.05, 4.69) is 10.6 Å². The maximum atomic E-state index is 12.3. The Morgan fingerprint density at radius 2 is 1.56 bits per heavy atom. The molecule has 2 atom stereocenters. The molecule has 1 aliphatic heterocycles. The van der Waals surface area contributed by atoms with Crippen LogP contribution in [-0.4, -0.2) is 43.8 Å². The Kier molecular flexibility index (Phi) is 4.13. The van der Waals surface area contributed by atoms with E-state index in [-0.39, 0.29) is 23.0 Å². The third kappa shape index (κ3) is 3.32. The molecule has 25 heavy (non-hydrogen) atoms. The summed E-state index contributed by atoms with van der Waals surface area (Å²) in [7, 11) is -3.07. The van der Waals surface area contributed by atoms with Crippen molar-refractivity contribution in [2.45, 2.75) is 64.0 Å². The Morgan fingerprint density at radius 3 is 2.04 bits per heavy atom. The van der Waals surface area contributed by atoms with Gasteiger partial charge in [-0.25, -0.2) is 8.42 Å². The zero-order valence-electron chi connectivity index (χ0n) is 14.8. The van der Waals surface area contributed by atoms with Crippen LogP contribution in [0.3, 0.4) is 0 Å². The number of carbonyl (C=O) groups excluding carboxylic acids is 2. The third-order valence-electron chi connectivity index (χ3n) is 7.13. The second-order valence-corrected chi connectivity index (χ2v) is 11.3. The van der Waals surface area contributed by atoms with Crippen molar-refractivity contribution >= 4 is 21.7 Å². The summed E-state index contributed by atoms with van der Waals surface area (Å²) in [6.07, 6.45) is 7.93. The maximum absolute atomic E-state index is 12.3. The van der Waals surface area contributed by atoms with Gasteiger partial charge < -0.3 is 10.6 Å². The molecule has 0 aromatic rings. The maximum Gasteiger partial charge on any atom is 0.309 e. The van der Waals surface area contributed by atoms with Gasteiger partial charge in [0.25, 0.3) is 0 Å². The highest BCUT2D eigenvalue weighted by molar-refractivity contribution is 7.91. The number of rotatable bonds is 3. The summed E-state index contributed by atoms with van der Waals surface area (Å²) in [5.74, 6) is 1.10. The molecule has 0 radical (unpaired) electrons. The van der Waals surface area contributed by atoms with Gasteiger partial charge in [0.15, 0.2) is 9.84 Å². The highest BCUT2D eigenvalue weighted by Gasteiger charge is 2.53. The molecule has 2 N–H and O–H groups in total. The molecule has 2 unspecified atom stereocenters. The highest BCUT2D eigenvalue weighted by atomic mass is 32.2. The van der Waals surface area contributed by atoms with E-state index in [0.29, 0.717) is 6.42 Å². The zero-order chi connectivity index (χ0) is 17.8. The van der Waals surface area contributed by atoms with Crippen LogP contribution in [0.4, 0.5) is 0 Å². The van der Waals surface area contributed by atoms with Crippen molar-refractivity contribution in [2.24, 2.45) is 23.2 Å². The molecule has 0 spiro atoms. The van der Waals surface area contributed by atoms with E-state index in [0.717, 1.165) is 17.8 Å². The van der Waals surface area contributed by atoms with E-state index in [1.807, 2.05) is 6.92 Å². The van der Waals surface area contributed by atoms with Crippen LogP contribution in [0, 0.1) is 23.2 Å². The molecule has 7 heteroatoms. The van der Waals surface area contributed by atoms with E-state index in [1.165, 1.54) is 38.5 Å². The molecule has 6 nitrogen and oxygen atoms in total. The number of sulfone groups is 1. The minimum Gasteiger partial charge on any atom is -0.345 e. The fraction of sp³-hybridized carbons (Fsp3) is 0.889. The SMILES string of the molecule is CC(NC(=O)C(=O)NC1CCS(=O)(=O)C1)C12CC3CC(CC(C3)C1)C2. The van der Waals surface area contributed by atoms with Gasteiger partial charge in [0, 0.05) is 12.1 Å². The Bertz CT molecular complexity index is 652. The Hall–Kier alpha value is -1.11. The van der Waals surface area contributed by atoms with Crippen molar-refractivity contribution in [3.63, 3.8) is 0 Å². The van der Waals surface area contributed by atoms with Gasteiger partial charge in [0.05, 0.1) is 11.5 Å². The zero-order valence-corrected chi connectivity index (χ0v) is 15.6. The van der Waals surface area contributed by atoms with Gasteiger partial charge in [0.1, 0.15) is 0 Å². The summed E-state index contributed by atoms with van der Waals surface area (Å²) >= 11 is 0. The van der Waals surface area contributed by atoms with Crippen molar-refractivity contribution in [1.82, 2.24) is 10.6 Å². The molecule has 4 aliphatic carbocycles. The molecule has 1 heterocycles. The Morgan fingerprint density at radius 1 is 1.00 bits per heavy atom. The Balaban J connectivity index is 1.35. The molecule has 4 saturated carbocycles. The number of amides is 2. The van der Waals surface area contributed by atoms with Crippen LogP contribution in [-0.2, 0) is 19.4 Å². The molecule has 5 rings (SSSR count). The molecule has 1 saturated heterocycles. The smallest absolute Gasteiger partial charge is 0.309 e. The molecule has 0 aromatic carbocycles. The quantitative estimate of drug-likeness (QED) is 0.727. The van der Waals surface area contributed by atoms with Crippen molar-refractivity contribution in [2.75, 3.05) is 11.5 Å². The van der Waals surface area contributed by atoms with Gasteiger partial charge in [-0.3, -0.25) is 9.59 Å².